The topological polar surface area (TPSA) is 90.4 Å². The lowest BCUT2D eigenvalue weighted by Gasteiger charge is -2.23. The average molecular weight is 361 g/mol. The van der Waals surface area contributed by atoms with Gasteiger partial charge in [0.15, 0.2) is 0 Å². The number of rotatable bonds is 4. The van der Waals surface area contributed by atoms with Gasteiger partial charge in [-0.1, -0.05) is 30.3 Å². The normalized spacial score (nSPS) is 15.5. The zero-order chi connectivity index (χ0) is 18.8. The molecule has 3 aromatic rings. The van der Waals surface area contributed by atoms with Crippen molar-refractivity contribution in [3.8, 4) is 0 Å². The number of H-pyrrole nitrogens is 1. The molecule has 2 aromatic carbocycles. The van der Waals surface area contributed by atoms with Crippen LogP contribution in [0.1, 0.15) is 31.6 Å². The SMILES string of the molecule is CC(NC(=O)C1=NN(c2ccccc2)C(=O)CC1)c1nc2ccccc2[nH]1. The monoisotopic (exact) mass is 361 g/mol. The van der Waals surface area contributed by atoms with Crippen molar-refractivity contribution in [3.05, 3.63) is 60.4 Å². The summed E-state index contributed by atoms with van der Waals surface area (Å²) in [6.45, 7) is 1.86. The number of fused-ring (bicyclic) bond motifs is 1. The number of hydrogen-bond donors (Lipinski definition) is 2. The number of hydrogen-bond acceptors (Lipinski definition) is 4. The summed E-state index contributed by atoms with van der Waals surface area (Å²) in [5.41, 5.74) is 2.76. The lowest BCUT2D eigenvalue weighted by Crippen LogP contribution is -2.40. The van der Waals surface area contributed by atoms with Gasteiger partial charge < -0.3 is 10.3 Å². The van der Waals surface area contributed by atoms with E-state index in [1.807, 2.05) is 49.4 Å². The number of benzene rings is 2. The van der Waals surface area contributed by atoms with Crippen LogP contribution in [0, 0.1) is 0 Å². The van der Waals surface area contributed by atoms with E-state index < -0.39 is 0 Å². The van der Waals surface area contributed by atoms with Crippen LogP contribution in [0.25, 0.3) is 11.0 Å². The molecule has 0 saturated carbocycles. The second kappa shape index (κ2) is 7.03. The predicted molar refractivity (Wildman–Crippen MR) is 103 cm³/mol. The molecule has 27 heavy (non-hydrogen) atoms. The Morgan fingerprint density at radius 2 is 1.85 bits per heavy atom. The second-order valence-corrected chi connectivity index (χ2v) is 6.42. The van der Waals surface area contributed by atoms with Crippen molar-refractivity contribution in [1.82, 2.24) is 15.3 Å². The minimum atomic E-state index is -0.310. The predicted octanol–water partition coefficient (Wildman–Crippen LogP) is 2.92. The Hall–Kier alpha value is -3.48. The van der Waals surface area contributed by atoms with Crippen molar-refractivity contribution in [1.29, 1.82) is 0 Å². The van der Waals surface area contributed by atoms with Gasteiger partial charge in [0.25, 0.3) is 5.91 Å². The number of carbonyl (C=O) groups is 2. The van der Waals surface area contributed by atoms with Crippen LogP contribution in [-0.2, 0) is 9.59 Å². The molecule has 2 amide bonds. The quantitative estimate of drug-likeness (QED) is 0.748. The van der Waals surface area contributed by atoms with Crippen LogP contribution < -0.4 is 10.3 Å². The third-order valence-corrected chi connectivity index (χ3v) is 4.46. The van der Waals surface area contributed by atoms with Gasteiger partial charge in [0.05, 0.1) is 22.8 Å². The highest BCUT2D eigenvalue weighted by Gasteiger charge is 2.26. The molecule has 7 nitrogen and oxygen atoms in total. The highest BCUT2D eigenvalue weighted by molar-refractivity contribution is 6.40. The third kappa shape index (κ3) is 3.44. The number of hydrazone groups is 1. The van der Waals surface area contributed by atoms with Crippen LogP contribution in [0.4, 0.5) is 5.69 Å². The summed E-state index contributed by atoms with van der Waals surface area (Å²) in [6.07, 6.45) is 0.570. The van der Waals surface area contributed by atoms with Crippen LogP contribution in [0.3, 0.4) is 0 Å². The number of nitrogens with one attached hydrogen (secondary N) is 2. The molecule has 2 heterocycles. The van der Waals surface area contributed by atoms with Gasteiger partial charge >= 0.3 is 0 Å². The van der Waals surface area contributed by atoms with Gasteiger partial charge in [0, 0.05) is 12.8 Å². The molecule has 0 fully saturated rings. The van der Waals surface area contributed by atoms with Gasteiger partial charge in [-0.15, -0.1) is 0 Å². The number of amides is 2. The maximum atomic E-state index is 12.7. The Balaban J connectivity index is 1.52. The highest BCUT2D eigenvalue weighted by atomic mass is 16.2. The first kappa shape index (κ1) is 17.0. The molecule has 0 spiro atoms. The summed E-state index contributed by atoms with van der Waals surface area (Å²) in [5.74, 6) is 0.261. The third-order valence-electron chi connectivity index (χ3n) is 4.46. The fourth-order valence-corrected chi connectivity index (χ4v) is 3.01. The molecular weight excluding hydrogens is 342 g/mol. The first-order valence-corrected chi connectivity index (χ1v) is 8.83. The van der Waals surface area contributed by atoms with Crippen molar-refractivity contribution < 1.29 is 9.59 Å². The lowest BCUT2D eigenvalue weighted by molar-refractivity contribution is -0.119. The molecular formula is C20H19N5O2. The maximum absolute atomic E-state index is 12.7. The smallest absolute Gasteiger partial charge is 0.268 e. The summed E-state index contributed by atoms with van der Waals surface area (Å²) in [5, 5.41) is 8.49. The Morgan fingerprint density at radius 1 is 1.11 bits per heavy atom. The summed E-state index contributed by atoms with van der Waals surface area (Å²) < 4.78 is 0. The largest absolute Gasteiger partial charge is 0.341 e. The second-order valence-electron chi connectivity index (χ2n) is 6.42. The molecule has 1 aromatic heterocycles. The first-order valence-electron chi connectivity index (χ1n) is 8.83. The number of anilines is 1. The summed E-state index contributed by atoms with van der Waals surface area (Å²) in [7, 11) is 0. The molecule has 0 radical (unpaired) electrons. The standard InChI is InChI=1S/C20H19N5O2/c1-13(19-22-15-9-5-6-10-16(15)23-19)21-20(27)17-11-12-18(26)25(24-17)14-7-3-2-4-8-14/h2-10,13H,11-12H2,1H3,(H,21,27)(H,22,23). The van der Waals surface area contributed by atoms with E-state index in [1.165, 1.54) is 5.01 Å². The summed E-state index contributed by atoms with van der Waals surface area (Å²) >= 11 is 0. The van der Waals surface area contributed by atoms with E-state index in [1.54, 1.807) is 12.1 Å². The van der Waals surface area contributed by atoms with Crippen molar-refractivity contribution in [3.63, 3.8) is 0 Å². The van der Waals surface area contributed by atoms with E-state index in [4.69, 9.17) is 0 Å². The summed E-state index contributed by atoms with van der Waals surface area (Å²) in [6, 6.07) is 16.5. The number of imidazole rings is 1. The fraction of sp³-hybridized carbons (Fsp3) is 0.200. The van der Waals surface area contributed by atoms with E-state index in [0.29, 0.717) is 23.6 Å². The van der Waals surface area contributed by atoms with Gasteiger partial charge in [-0.25, -0.2) is 9.99 Å². The van der Waals surface area contributed by atoms with Crippen LogP contribution >= 0.6 is 0 Å². The van der Waals surface area contributed by atoms with Gasteiger partial charge in [0.2, 0.25) is 5.91 Å². The zero-order valence-corrected chi connectivity index (χ0v) is 14.8. The molecule has 4 rings (SSSR count). The van der Waals surface area contributed by atoms with Gasteiger partial charge in [-0.05, 0) is 31.2 Å². The molecule has 7 heteroatoms. The van der Waals surface area contributed by atoms with Crippen molar-refractivity contribution in [2.75, 3.05) is 5.01 Å². The van der Waals surface area contributed by atoms with E-state index >= 15 is 0 Å². The average Bonchev–Trinajstić information content (AvgIpc) is 3.13. The fourth-order valence-electron chi connectivity index (χ4n) is 3.01. The zero-order valence-electron chi connectivity index (χ0n) is 14.8. The van der Waals surface area contributed by atoms with Gasteiger partial charge in [0.1, 0.15) is 11.5 Å². The summed E-state index contributed by atoms with van der Waals surface area (Å²) in [4.78, 5) is 32.6. The molecule has 0 aliphatic carbocycles. The van der Waals surface area contributed by atoms with Crippen molar-refractivity contribution in [2.24, 2.45) is 5.10 Å². The highest BCUT2D eigenvalue weighted by Crippen LogP contribution is 2.20. The molecule has 0 bridgehead atoms. The molecule has 136 valence electrons. The van der Waals surface area contributed by atoms with Gasteiger partial charge in [-0.3, -0.25) is 9.59 Å². The number of nitrogens with zero attached hydrogens (tertiary/aromatic N) is 3. The van der Waals surface area contributed by atoms with Crippen LogP contribution in [0.5, 0.6) is 0 Å². The minimum Gasteiger partial charge on any atom is -0.341 e. The van der Waals surface area contributed by atoms with E-state index in [2.05, 4.69) is 20.4 Å². The van der Waals surface area contributed by atoms with Crippen LogP contribution in [0.15, 0.2) is 59.7 Å². The van der Waals surface area contributed by atoms with Crippen LogP contribution in [0.2, 0.25) is 0 Å². The van der Waals surface area contributed by atoms with Crippen molar-refractivity contribution in [2.45, 2.75) is 25.8 Å². The molecule has 1 unspecified atom stereocenters. The minimum absolute atomic E-state index is 0.122. The molecule has 0 saturated heterocycles. The molecule has 1 aliphatic rings. The molecule has 1 aliphatic heterocycles. The van der Waals surface area contributed by atoms with E-state index in [0.717, 1.165) is 11.0 Å². The Morgan fingerprint density at radius 3 is 2.63 bits per heavy atom. The van der Waals surface area contributed by atoms with E-state index in [-0.39, 0.29) is 24.3 Å². The van der Waals surface area contributed by atoms with E-state index in [9.17, 15) is 9.59 Å². The number of aromatic nitrogens is 2. The van der Waals surface area contributed by atoms with Crippen molar-refractivity contribution >= 4 is 34.2 Å². The van der Waals surface area contributed by atoms with Gasteiger partial charge in [-0.2, -0.15) is 5.10 Å². The van der Waals surface area contributed by atoms with Crippen LogP contribution in [-0.4, -0.2) is 27.5 Å². The molecule has 2 N–H and O–H groups in total. The number of para-hydroxylation sites is 3. The Kier molecular flexibility index (Phi) is 4.42. The number of carbonyl (C=O) groups excluding carboxylic acids is 2. The molecule has 1 atom stereocenters. The first-order chi connectivity index (χ1) is 13.1. The number of aromatic amines is 1. The maximum Gasteiger partial charge on any atom is 0.268 e. The Labute approximate surface area is 156 Å². The lowest BCUT2D eigenvalue weighted by atomic mass is 10.1. The Bertz CT molecular complexity index is 992.